The van der Waals surface area contributed by atoms with Gasteiger partial charge in [0.05, 0.1) is 11.6 Å². The van der Waals surface area contributed by atoms with Crippen LogP contribution in [-0.4, -0.2) is 19.8 Å². The van der Waals surface area contributed by atoms with Crippen molar-refractivity contribution in [3.8, 4) is 0 Å². The minimum Gasteiger partial charge on any atom is -0.459 e. The van der Waals surface area contributed by atoms with Crippen molar-refractivity contribution >= 4 is 11.0 Å². The van der Waals surface area contributed by atoms with Crippen LogP contribution in [0.5, 0.6) is 0 Å². The van der Waals surface area contributed by atoms with Gasteiger partial charge in [0.2, 0.25) is 0 Å². The number of hydrogen-bond acceptors (Lipinski definition) is 3. The molecule has 18 heavy (non-hydrogen) atoms. The van der Waals surface area contributed by atoms with E-state index in [1.807, 2.05) is 27.0 Å². The molecule has 98 valence electrons. The highest BCUT2D eigenvalue weighted by Crippen LogP contribution is 2.32. The van der Waals surface area contributed by atoms with Crippen LogP contribution in [-0.2, 0) is 4.74 Å². The molecule has 1 heterocycles. The molecule has 1 aromatic carbocycles. The number of fused-ring (bicyclic) bond motifs is 1. The molecule has 0 aliphatic rings. The predicted molar refractivity (Wildman–Crippen MR) is 69.1 cm³/mol. The number of benzene rings is 1. The molecule has 0 aliphatic heterocycles. The van der Waals surface area contributed by atoms with E-state index in [1.165, 1.54) is 12.1 Å². The summed E-state index contributed by atoms with van der Waals surface area (Å²) in [4.78, 5) is 0. The smallest absolute Gasteiger partial charge is 0.134 e. The number of likely N-dealkylation sites (N-methyl/N-ethyl adjacent to an activating group) is 1. The van der Waals surface area contributed by atoms with Crippen molar-refractivity contribution in [2.24, 2.45) is 0 Å². The Morgan fingerprint density at radius 3 is 2.67 bits per heavy atom. The van der Waals surface area contributed by atoms with Gasteiger partial charge in [0.15, 0.2) is 0 Å². The molecule has 3 nitrogen and oxygen atoms in total. The van der Waals surface area contributed by atoms with Gasteiger partial charge < -0.3 is 14.5 Å². The summed E-state index contributed by atoms with van der Waals surface area (Å²) in [7, 11) is 3.51. The van der Waals surface area contributed by atoms with Crippen LogP contribution in [0.2, 0.25) is 0 Å². The molecular formula is C14H18FNO2. The molecule has 1 atom stereocenters. The summed E-state index contributed by atoms with van der Waals surface area (Å²) < 4.78 is 24.4. The van der Waals surface area contributed by atoms with E-state index in [0.29, 0.717) is 5.58 Å². The number of ether oxygens (including phenoxy) is 1. The minimum absolute atomic E-state index is 0.0991. The standard InChI is InChI=1S/C14H18FNO2/c1-14(2,17-4)13(16-3)12-8-9-7-10(15)5-6-11(9)18-12/h5-8,13,16H,1-4H3. The maximum absolute atomic E-state index is 13.1. The molecule has 0 saturated heterocycles. The molecule has 0 radical (unpaired) electrons. The Kier molecular flexibility index (Phi) is 3.41. The molecule has 0 saturated carbocycles. The third-order valence-electron chi connectivity index (χ3n) is 3.29. The number of furan rings is 1. The predicted octanol–water partition coefficient (Wildman–Crippen LogP) is 3.26. The maximum Gasteiger partial charge on any atom is 0.134 e. The van der Waals surface area contributed by atoms with Crippen LogP contribution in [0, 0.1) is 5.82 Å². The number of halogens is 1. The van der Waals surface area contributed by atoms with Gasteiger partial charge in [0, 0.05) is 12.5 Å². The molecule has 0 amide bonds. The first kappa shape index (κ1) is 13.1. The Morgan fingerprint density at radius 1 is 1.33 bits per heavy atom. The third-order valence-corrected chi connectivity index (χ3v) is 3.29. The Morgan fingerprint density at radius 2 is 2.06 bits per heavy atom. The summed E-state index contributed by atoms with van der Waals surface area (Å²) >= 11 is 0. The normalized spacial score (nSPS) is 14.1. The van der Waals surface area contributed by atoms with Gasteiger partial charge in [0.25, 0.3) is 0 Å². The number of nitrogens with one attached hydrogen (secondary N) is 1. The van der Waals surface area contributed by atoms with E-state index in [0.717, 1.165) is 11.1 Å². The zero-order valence-electron chi connectivity index (χ0n) is 11.1. The average Bonchev–Trinajstić information content (AvgIpc) is 2.72. The second-order valence-corrected chi connectivity index (χ2v) is 4.86. The first-order valence-corrected chi connectivity index (χ1v) is 5.89. The molecular weight excluding hydrogens is 233 g/mol. The molecule has 2 aromatic rings. The van der Waals surface area contributed by atoms with Crippen molar-refractivity contribution in [1.82, 2.24) is 5.32 Å². The molecule has 0 bridgehead atoms. The first-order chi connectivity index (χ1) is 8.47. The summed E-state index contributed by atoms with van der Waals surface area (Å²) in [6.07, 6.45) is 0. The fraction of sp³-hybridized carbons (Fsp3) is 0.429. The van der Waals surface area contributed by atoms with Crippen LogP contribution in [0.4, 0.5) is 4.39 Å². The van der Waals surface area contributed by atoms with Crippen molar-refractivity contribution in [2.45, 2.75) is 25.5 Å². The lowest BCUT2D eigenvalue weighted by Gasteiger charge is -2.31. The van der Waals surface area contributed by atoms with Gasteiger partial charge in [-0.25, -0.2) is 4.39 Å². The minimum atomic E-state index is -0.416. The van der Waals surface area contributed by atoms with Crippen LogP contribution in [0.25, 0.3) is 11.0 Å². The highest BCUT2D eigenvalue weighted by molar-refractivity contribution is 5.78. The second-order valence-electron chi connectivity index (χ2n) is 4.86. The van der Waals surface area contributed by atoms with Crippen LogP contribution < -0.4 is 5.32 Å². The number of hydrogen-bond donors (Lipinski definition) is 1. The Bertz CT molecular complexity index is 548. The first-order valence-electron chi connectivity index (χ1n) is 5.89. The van der Waals surface area contributed by atoms with E-state index in [1.54, 1.807) is 13.2 Å². The number of rotatable bonds is 4. The monoisotopic (exact) mass is 251 g/mol. The van der Waals surface area contributed by atoms with Gasteiger partial charge in [-0.1, -0.05) is 0 Å². The zero-order chi connectivity index (χ0) is 13.3. The lowest BCUT2D eigenvalue weighted by molar-refractivity contribution is -0.0143. The zero-order valence-corrected chi connectivity index (χ0v) is 11.1. The van der Waals surface area contributed by atoms with Gasteiger partial charge in [0.1, 0.15) is 17.2 Å². The van der Waals surface area contributed by atoms with E-state index in [4.69, 9.17) is 9.15 Å². The maximum atomic E-state index is 13.1. The Hall–Kier alpha value is -1.39. The van der Waals surface area contributed by atoms with Crippen molar-refractivity contribution in [1.29, 1.82) is 0 Å². The highest BCUT2D eigenvalue weighted by atomic mass is 19.1. The lowest BCUT2D eigenvalue weighted by Crippen LogP contribution is -2.38. The fourth-order valence-corrected chi connectivity index (χ4v) is 2.13. The van der Waals surface area contributed by atoms with Crippen LogP contribution in [0.1, 0.15) is 25.6 Å². The SMILES string of the molecule is CNC(c1cc2cc(F)ccc2o1)C(C)(C)OC. The molecule has 0 spiro atoms. The molecule has 4 heteroatoms. The van der Waals surface area contributed by atoms with E-state index < -0.39 is 5.60 Å². The van der Waals surface area contributed by atoms with E-state index in [-0.39, 0.29) is 11.9 Å². The van der Waals surface area contributed by atoms with E-state index in [9.17, 15) is 4.39 Å². The molecule has 0 fully saturated rings. The van der Waals surface area contributed by atoms with Gasteiger partial charge >= 0.3 is 0 Å². The van der Waals surface area contributed by atoms with E-state index >= 15 is 0 Å². The number of methoxy groups -OCH3 is 1. The van der Waals surface area contributed by atoms with Gasteiger partial charge in [-0.05, 0) is 45.2 Å². The average molecular weight is 251 g/mol. The van der Waals surface area contributed by atoms with Crippen molar-refractivity contribution in [3.05, 3.63) is 35.8 Å². The largest absolute Gasteiger partial charge is 0.459 e. The summed E-state index contributed by atoms with van der Waals surface area (Å²) in [6, 6.07) is 6.25. The van der Waals surface area contributed by atoms with Crippen molar-refractivity contribution in [2.75, 3.05) is 14.2 Å². The molecule has 0 aliphatic carbocycles. The summed E-state index contributed by atoms with van der Waals surface area (Å²) in [5.41, 5.74) is 0.264. The fourth-order valence-electron chi connectivity index (χ4n) is 2.13. The topological polar surface area (TPSA) is 34.4 Å². The quantitative estimate of drug-likeness (QED) is 0.905. The second kappa shape index (κ2) is 4.71. The van der Waals surface area contributed by atoms with Crippen molar-refractivity contribution in [3.63, 3.8) is 0 Å². The van der Waals surface area contributed by atoms with E-state index in [2.05, 4.69) is 5.32 Å². The van der Waals surface area contributed by atoms with Gasteiger partial charge in [-0.3, -0.25) is 0 Å². The Labute approximate surface area is 106 Å². The molecule has 1 aromatic heterocycles. The van der Waals surface area contributed by atoms with Gasteiger partial charge in [-0.2, -0.15) is 0 Å². The summed E-state index contributed by atoms with van der Waals surface area (Å²) in [5.74, 6) is 0.479. The summed E-state index contributed by atoms with van der Waals surface area (Å²) in [5, 5.41) is 3.93. The Balaban J connectivity index is 2.46. The lowest BCUT2D eigenvalue weighted by atomic mass is 9.96. The van der Waals surface area contributed by atoms with Crippen LogP contribution in [0.15, 0.2) is 28.7 Å². The molecule has 1 N–H and O–H groups in total. The van der Waals surface area contributed by atoms with Crippen molar-refractivity contribution < 1.29 is 13.5 Å². The molecule has 1 unspecified atom stereocenters. The summed E-state index contributed by atoms with van der Waals surface area (Å²) in [6.45, 7) is 3.95. The third kappa shape index (κ3) is 2.26. The molecule has 2 rings (SSSR count). The van der Waals surface area contributed by atoms with Crippen LogP contribution in [0.3, 0.4) is 0 Å². The van der Waals surface area contributed by atoms with Crippen LogP contribution >= 0.6 is 0 Å². The highest BCUT2D eigenvalue weighted by Gasteiger charge is 2.32. The van der Waals surface area contributed by atoms with Gasteiger partial charge in [-0.15, -0.1) is 0 Å².